The van der Waals surface area contributed by atoms with Gasteiger partial charge >= 0.3 is 6.03 Å². The van der Waals surface area contributed by atoms with Crippen molar-refractivity contribution in [1.29, 1.82) is 0 Å². The largest absolute Gasteiger partial charge is 0.379 e. The van der Waals surface area contributed by atoms with Gasteiger partial charge in [-0.15, -0.1) is 0 Å². The van der Waals surface area contributed by atoms with Gasteiger partial charge in [0.1, 0.15) is 0 Å². The fourth-order valence-corrected chi connectivity index (χ4v) is 4.86. The lowest BCUT2D eigenvalue weighted by Crippen LogP contribution is -2.46. The number of urea groups is 1. The molecule has 0 saturated carbocycles. The van der Waals surface area contributed by atoms with E-state index in [4.69, 9.17) is 4.74 Å². The molecule has 206 valence electrons. The van der Waals surface area contributed by atoms with E-state index in [9.17, 15) is 9.59 Å². The molecule has 4 rings (SSSR count). The van der Waals surface area contributed by atoms with Crippen molar-refractivity contribution in [2.45, 2.75) is 26.3 Å². The summed E-state index contributed by atoms with van der Waals surface area (Å²) in [6, 6.07) is 15.9. The summed E-state index contributed by atoms with van der Waals surface area (Å²) in [5.41, 5.74) is 3.43. The van der Waals surface area contributed by atoms with Crippen LogP contribution in [0.15, 0.2) is 48.5 Å². The van der Waals surface area contributed by atoms with Crippen LogP contribution in [-0.2, 0) is 11.3 Å². The lowest BCUT2D eigenvalue weighted by atomic mass is 10.1. The third-order valence-electron chi connectivity index (χ3n) is 7.09. The topological polar surface area (TPSA) is 89.2 Å². The minimum atomic E-state index is -0.251. The number of anilines is 2. The Morgan fingerprint density at radius 3 is 2.37 bits per heavy atom. The van der Waals surface area contributed by atoms with Gasteiger partial charge in [-0.3, -0.25) is 14.6 Å². The number of hydrogen-bond donors (Lipinski definition) is 3. The van der Waals surface area contributed by atoms with Gasteiger partial charge in [0.25, 0.3) is 5.91 Å². The van der Waals surface area contributed by atoms with Gasteiger partial charge in [0.2, 0.25) is 0 Å². The smallest absolute Gasteiger partial charge is 0.319 e. The molecule has 0 radical (unpaired) electrons. The summed E-state index contributed by atoms with van der Waals surface area (Å²) in [4.78, 5) is 32.7. The van der Waals surface area contributed by atoms with Gasteiger partial charge in [-0.1, -0.05) is 43.7 Å². The summed E-state index contributed by atoms with van der Waals surface area (Å²) in [5, 5.41) is 8.86. The number of rotatable bonds is 11. The quantitative estimate of drug-likeness (QED) is 0.393. The Morgan fingerprint density at radius 1 is 0.868 bits per heavy atom. The van der Waals surface area contributed by atoms with Crippen molar-refractivity contribution < 1.29 is 14.3 Å². The minimum absolute atomic E-state index is 0.116. The van der Waals surface area contributed by atoms with Gasteiger partial charge in [-0.25, -0.2) is 4.79 Å². The number of morpholine rings is 1. The molecule has 38 heavy (non-hydrogen) atoms. The molecule has 0 bridgehead atoms. The molecule has 2 saturated heterocycles. The SMILES string of the molecule is CCCCNC(=O)Nc1ccc(N2CCN(Cc3ccccc3)CC2)c(C(=O)NCCN2CCOCC2)c1. The fourth-order valence-electron chi connectivity index (χ4n) is 4.86. The van der Waals surface area contributed by atoms with E-state index in [0.29, 0.717) is 24.3 Å². The summed E-state index contributed by atoms with van der Waals surface area (Å²) >= 11 is 0. The highest BCUT2D eigenvalue weighted by Crippen LogP contribution is 2.26. The highest BCUT2D eigenvalue weighted by atomic mass is 16.5. The number of nitrogens with one attached hydrogen (secondary N) is 3. The predicted molar refractivity (Wildman–Crippen MR) is 152 cm³/mol. The zero-order chi connectivity index (χ0) is 26.6. The van der Waals surface area contributed by atoms with E-state index in [-0.39, 0.29) is 11.9 Å². The highest BCUT2D eigenvalue weighted by Gasteiger charge is 2.23. The second-order valence-corrected chi connectivity index (χ2v) is 9.93. The lowest BCUT2D eigenvalue weighted by molar-refractivity contribution is 0.0383. The van der Waals surface area contributed by atoms with Crippen LogP contribution in [0.2, 0.25) is 0 Å². The van der Waals surface area contributed by atoms with Crippen molar-refractivity contribution in [3.63, 3.8) is 0 Å². The van der Waals surface area contributed by atoms with E-state index in [1.807, 2.05) is 18.2 Å². The molecule has 9 heteroatoms. The van der Waals surface area contributed by atoms with Crippen LogP contribution in [0.5, 0.6) is 0 Å². The number of hydrogen-bond acceptors (Lipinski definition) is 6. The zero-order valence-electron chi connectivity index (χ0n) is 22.6. The van der Waals surface area contributed by atoms with Crippen molar-refractivity contribution in [2.75, 3.05) is 82.3 Å². The Morgan fingerprint density at radius 2 is 1.63 bits per heavy atom. The van der Waals surface area contributed by atoms with E-state index in [2.05, 4.69) is 61.8 Å². The number of nitrogens with zero attached hydrogens (tertiary/aromatic N) is 3. The van der Waals surface area contributed by atoms with Crippen molar-refractivity contribution in [2.24, 2.45) is 0 Å². The average molecular weight is 523 g/mol. The first-order chi connectivity index (χ1) is 18.6. The van der Waals surface area contributed by atoms with Crippen molar-refractivity contribution in [1.82, 2.24) is 20.4 Å². The Bertz CT molecular complexity index is 1020. The van der Waals surface area contributed by atoms with E-state index in [1.165, 1.54) is 5.56 Å². The second kappa shape index (κ2) is 14.7. The molecular formula is C29H42N6O3. The van der Waals surface area contributed by atoms with Crippen LogP contribution in [0.4, 0.5) is 16.2 Å². The molecule has 2 heterocycles. The number of piperazine rings is 1. The molecule has 0 atom stereocenters. The minimum Gasteiger partial charge on any atom is -0.379 e. The molecular weight excluding hydrogens is 480 g/mol. The number of benzene rings is 2. The molecule has 2 aromatic rings. The first kappa shape index (κ1) is 27.9. The first-order valence-corrected chi connectivity index (χ1v) is 13.9. The van der Waals surface area contributed by atoms with Gasteiger partial charge in [-0.2, -0.15) is 0 Å². The lowest BCUT2D eigenvalue weighted by Gasteiger charge is -2.37. The Hall–Kier alpha value is -3.14. The highest BCUT2D eigenvalue weighted by molar-refractivity contribution is 6.02. The maximum absolute atomic E-state index is 13.4. The van der Waals surface area contributed by atoms with Gasteiger partial charge in [0, 0.05) is 76.8 Å². The van der Waals surface area contributed by atoms with Crippen LogP contribution in [-0.4, -0.2) is 93.9 Å². The monoisotopic (exact) mass is 522 g/mol. The fraction of sp³-hybridized carbons (Fsp3) is 0.517. The van der Waals surface area contributed by atoms with Crippen molar-refractivity contribution in [3.05, 3.63) is 59.7 Å². The van der Waals surface area contributed by atoms with Gasteiger partial charge in [-0.05, 0) is 30.2 Å². The van der Waals surface area contributed by atoms with Crippen LogP contribution >= 0.6 is 0 Å². The molecule has 3 amide bonds. The molecule has 2 aliphatic rings. The van der Waals surface area contributed by atoms with E-state index < -0.39 is 0 Å². The normalized spacial score (nSPS) is 16.7. The van der Waals surface area contributed by atoms with Crippen LogP contribution in [0.1, 0.15) is 35.7 Å². The maximum Gasteiger partial charge on any atom is 0.319 e. The summed E-state index contributed by atoms with van der Waals surface area (Å²) in [7, 11) is 0. The maximum atomic E-state index is 13.4. The summed E-state index contributed by atoms with van der Waals surface area (Å²) in [6.45, 7) is 11.8. The molecule has 2 aromatic carbocycles. The Balaban J connectivity index is 1.40. The van der Waals surface area contributed by atoms with Crippen molar-refractivity contribution >= 4 is 23.3 Å². The van der Waals surface area contributed by atoms with Crippen LogP contribution in [0, 0.1) is 0 Å². The third kappa shape index (κ3) is 8.44. The molecule has 2 aliphatic heterocycles. The number of carbonyl (C=O) groups is 2. The number of carbonyl (C=O) groups excluding carboxylic acids is 2. The summed E-state index contributed by atoms with van der Waals surface area (Å²) in [5.74, 6) is -0.116. The zero-order valence-corrected chi connectivity index (χ0v) is 22.6. The van der Waals surface area contributed by atoms with Gasteiger partial charge in [0.15, 0.2) is 0 Å². The summed E-state index contributed by atoms with van der Waals surface area (Å²) in [6.07, 6.45) is 1.95. The molecule has 0 unspecified atom stereocenters. The predicted octanol–water partition coefficient (Wildman–Crippen LogP) is 2.99. The molecule has 2 fully saturated rings. The Labute approximate surface area is 226 Å². The molecule has 9 nitrogen and oxygen atoms in total. The van der Waals surface area contributed by atoms with Crippen molar-refractivity contribution in [3.8, 4) is 0 Å². The number of ether oxygens (including phenoxy) is 1. The Kier molecular flexibility index (Phi) is 10.8. The first-order valence-electron chi connectivity index (χ1n) is 13.9. The average Bonchev–Trinajstić information content (AvgIpc) is 2.95. The standard InChI is InChI=1S/C29H42N6O3/c1-2-3-11-31-29(37)32-25-9-10-27(26(22-25)28(36)30-12-13-33-18-20-38-21-19-33)35-16-14-34(15-17-35)23-24-7-5-4-6-8-24/h4-10,22H,2-3,11-21,23H2,1H3,(H,30,36)(H2,31,32,37). The number of unbranched alkanes of at least 4 members (excludes halogenated alkanes) is 1. The van der Waals surface area contributed by atoms with Crippen LogP contribution < -0.4 is 20.9 Å². The summed E-state index contributed by atoms with van der Waals surface area (Å²) < 4.78 is 5.42. The van der Waals surface area contributed by atoms with Crippen LogP contribution in [0.25, 0.3) is 0 Å². The molecule has 3 N–H and O–H groups in total. The van der Waals surface area contributed by atoms with Gasteiger partial charge < -0.3 is 25.6 Å². The third-order valence-corrected chi connectivity index (χ3v) is 7.09. The number of amides is 3. The van der Waals surface area contributed by atoms with E-state index >= 15 is 0 Å². The molecule has 0 aromatic heterocycles. The van der Waals surface area contributed by atoms with E-state index in [0.717, 1.165) is 84.1 Å². The van der Waals surface area contributed by atoms with Gasteiger partial charge in [0.05, 0.1) is 18.8 Å². The van der Waals surface area contributed by atoms with Crippen LogP contribution in [0.3, 0.4) is 0 Å². The molecule has 0 aliphatic carbocycles. The molecule has 0 spiro atoms. The van der Waals surface area contributed by atoms with E-state index in [1.54, 1.807) is 6.07 Å². The second-order valence-electron chi connectivity index (χ2n) is 9.93.